The highest BCUT2D eigenvalue weighted by Gasteiger charge is 2.12. The monoisotopic (exact) mass is 165 g/mol. The van der Waals surface area contributed by atoms with Crippen molar-refractivity contribution in [3.05, 3.63) is 29.6 Å². The zero-order valence-corrected chi connectivity index (χ0v) is 7.78. The van der Waals surface area contributed by atoms with Crippen LogP contribution in [0.2, 0.25) is 0 Å². The minimum atomic E-state index is -0.440. The molecular weight excluding hydrogens is 150 g/mol. The molecule has 0 saturated heterocycles. The molecule has 0 aromatic carbocycles. The van der Waals surface area contributed by atoms with Crippen molar-refractivity contribution in [1.29, 1.82) is 0 Å². The van der Waals surface area contributed by atoms with E-state index in [9.17, 15) is 5.11 Å². The van der Waals surface area contributed by atoms with Crippen LogP contribution in [0.5, 0.6) is 0 Å². The van der Waals surface area contributed by atoms with E-state index in [-0.39, 0.29) is 5.92 Å². The van der Waals surface area contributed by atoms with Crippen LogP contribution in [0.3, 0.4) is 0 Å². The zero-order valence-electron chi connectivity index (χ0n) is 7.78. The minimum absolute atomic E-state index is 0.222. The third-order valence-corrected chi connectivity index (χ3v) is 1.87. The largest absolute Gasteiger partial charge is 0.387 e. The number of nitrogens with zero attached hydrogens (tertiary/aromatic N) is 1. The zero-order chi connectivity index (χ0) is 9.14. The summed E-state index contributed by atoms with van der Waals surface area (Å²) in [5.74, 6) is 0.222. The van der Waals surface area contributed by atoms with E-state index in [4.69, 9.17) is 0 Å². The van der Waals surface area contributed by atoms with E-state index in [0.717, 1.165) is 11.3 Å². The maximum Gasteiger partial charge on any atom is 0.0982 e. The topological polar surface area (TPSA) is 33.1 Å². The standard InChI is InChI=1S/C10H15NO/c1-7(2)10(12)9-6-8(3)4-5-11-9/h4-7,10,12H,1-3H3. The summed E-state index contributed by atoms with van der Waals surface area (Å²) in [5, 5.41) is 9.66. The molecule has 12 heavy (non-hydrogen) atoms. The normalized spacial score (nSPS) is 13.4. The number of hydrogen-bond donors (Lipinski definition) is 1. The fourth-order valence-corrected chi connectivity index (χ4v) is 1.06. The molecule has 1 unspecified atom stereocenters. The molecule has 0 amide bonds. The smallest absolute Gasteiger partial charge is 0.0982 e. The Morgan fingerprint density at radius 2 is 2.08 bits per heavy atom. The van der Waals surface area contributed by atoms with E-state index >= 15 is 0 Å². The van der Waals surface area contributed by atoms with E-state index in [0.29, 0.717) is 0 Å². The molecule has 1 N–H and O–H groups in total. The van der Waals surface area contributed by atoms with Crippen molar-refractivity contribution >= 4 is 0 Å². The molecule has 1 aromatic heterocycles. The number of aliphatic hydroxyl groups is 1. The third kappa shape index (κ3) is 2.05. The lowest BCUT2D eigenvalue weighted by Gasteiger charge is -2.13. The lowest BCUT2D eigenvalue weighted by atomic mass is 10.0. The summed E-state index contributed by atoms with van der Waals surface area (Å²) in [7, 11) is 0. The third-order valence-electron chi connectivity index (χ3n) is 1.87. The molecule has 1 atom stereocenters. The van der Waals surface area contributed by atoms with Gasteiger partial charge in [0.05, 0.1) is 11.8 Å². The highest BCUT2D eigenvalue weighted by molar-refractivity contribution is 5.16. The van der Waals surface area contributed by atoms with Crippen molar-refractivity contribution in [3.8, 4) is 0 Å². The summed E-state index contributed by atoms with van der Waals surface area (Å²) >= 11 is 0. The summed E-state index contributed by atoms with van der Waals surface area (Å²) in [5.41, 5.74) is 1.91. The second kappa shape index (κ2) is 3.68. The Morgan fingerprint density at radius 1 is 1.42 bits per heavy atom. The minimum Gasteiger partial charge on any atom is -0.387 e. The van der Waals surface area contributed by atoms with Crippen molar-refractivity contribution < 1.29 is 5.11 Å². The van der Waals surface area contributed by atoms with Crippen molar-refractivity contribution in [2.75, 3.05) is 0 Å². The van der Waals surface area contributed by atoms with Gasteiger partial charge in [0.25, 0.3) is 0 Å². The van der Waals surface area contributed by atoms with Crippen LogP contribution in [-0.2, 0) is 0 Å². The lowest BCUT2D eigenvalue weighted by Crippen LogP contribution is -2.07. The molecule has 0 spiro atoms. The first kappa shape index (κ1) is 9.20. The molecule has 0 aliphatic heterocycles. The Bertz CT molecular complexity index is 258. The molecule has 0 bridgehead atoms. The molecule has 2 nitrogen and oxygen atoms in total. The van der Waals surface area contributed by atoms with Crippen molar-refractivity contribution in [2.24, 2.45) is 5.92 Å². The molecular formula is C10H15NO. The van der Waals surface area contributed by atoms with Gasteiger partial charge in [-0.2, -0.15) is 0 Å². The summed E-state index contributed by atoms with van der Waals surface area (Å²) in [4.78, 5) is 4.11. The Balaban J connectivity index is 2.88. The SMILES string of the molecule is Cc1ccnc(C(O)C(C)C)c1. The van der Waals surface area contributed by atoms with E-state index in [1.165, 1.54) is 0 Å². The van der Waals surface area contributed by atoms with Gasteiger partial charge in [-0.3, -0.25) is 4.98 Å². The molecule has 1 rings (SSSR count). The molecule has 0 saturated carbocycles. The van der Waals surface area contributed by atoms with Crippen molar-refractivity contribution in [3.63, 3.8) is 0 Å². The fourth-order valence-electron chi connectivity index (χ4n) is 1.06. The molecule has 0 aliphatic rings. The van der Waals surface area contributed by atoms with E-state index < -0.39 is 6.10 Å². The number of aromatic nitrogens is 1. The average Bonchev–Trinajstić information content (AvgIpc) is 2.03. The van der Waals surface area contributed by atoms with Gasteiger partial charge in [-0.25, -0.2) is 0 Å². The highest BCUT2D eigenvalue weighted by Crippen LogP contribution is 2.19. The Hall–Kier alpha value is -0.890. The van der Waals surface area contributed by atoms with Crippen LogP contribution >= 0.6 is 0 Å². The summed E-state index contributed by atoms with van der Waals surface area (Å²) in [6.07, 6.45) is 1.29. The van der Waals surface area contributed by atoms with E-state index in [1.807, 2.05) is 32.9 Å². The molecule has 2 heteroatoms. The van der Waals surface area contributed by atoms with Crippen LogP contribution in [-0.4, -0.2) is 10.1 Å². The summed E-state index contributed by atoms with van der Waals surface area (Å²) < 4.78 is 0. The Kier molecular flexibility index (Phi) is 2.82. The van der Waals surface area contributed by atoms with Crippen LogP contribution in [0.4, 0.5) is 0 Å². The van der Waals surface area contributed by atoms with Gasteiger partial charge in [0.15, 0.2) is 0 Å². The fraction of sp³-hybridized carbons (Fsp3) is 0.500. The molecule has 0 fully saturated rings. The Morgan fingerprint density at radius 3 is 2.58 bits per heavy atom. The summed E-state index contributed by atoms with van der Waals surface area (Å²) in [6, 6.07) is 3.85. The number of hydrogen-bond acceptors (Lipinski definition) is 2. The van der Waals surface area contributed by atoms with Gasteiger partial charge < -0.3 is 5.11 Å². The molecule has 66 valence electrons. The molecule has 0 radical (unpaired) electrons. The van der Waals surface area contributed by atoms with Crippen molar-refractivity contribution in [1.82, 2.24) is 4.98 Å². The van der Waals surface area contributed by atoms with E-state index in [1.54, 1.807) is 6.20 Å². The predicted octanol–water partition coefficient (Wildman–Crippen LogP) is 2.08. The maximum atomic E-state index is 9.66. The maximum absolute atomic E-state index is 9.66. The Labute approximate surface area is 73.3 Å². The second-order valence-electron chi connectivity index (χ2n) is 3.45. The van der Waals surface area contributed by atoms with Crippen LogP contribution in [0.25, 0.3) is 0 Å². The molecule has 1 heterocycles. The van der Waals surface area contributed by atoms with Gasteiger partial charge in [0.1, 0.15) is 0 Å². The van der Waals surface area contributed by atoms with Crippen LogP contribution < -0.4 is 0 Å². The van der Waals surface area contributed by atoms with Gasteiger partial charge in [-0.05, 0) is 30.5 Å². The van der Waals surface area contributed by atoms with Gasteiger partial charge >= 0.3 is 0 Å². The first-order chi connectivity index (χ1) is 5.61. The second-order valence-corrected chi connectivity index (χ2v) is 3.45. The van der Waals surface area contributed by atoms with Crippen LogP contribution in [0.1, 0.15) is 31.2 Å². The number of pyridine rings is 1. The quantitative estimate of drug-likeness (QED) is 0.727. The number of rotatable bonds is 2. The van der Waals surface area contributed by atoms with Gasteiger partial charge in [-0.15, -0.1) is 0 Å². The number of aliphatic hydroxyl groups excluding tert-OH is 1. The van der Waals surface area contributed by atoms with Gasteiger partial charge in [0.2, 0.25) is 0 Å². The van der Waals surface area contributed by atoms with E-state index in [2.05, 4.69) is 4.98 Å². The highest BCUT2D eigenvalue weighted by atomic mass is 16.3. The number of aryl methyl sites for hydroxylation is 1. The first-order valence-corrected chi connectivity index (χ1v) is 4.22. The summed E-state index contributed by atoms with van der Waals surface area (Å²) in [6.45, 7) is 5.96. The average molecular weight is 165 g/mol. The first-order valence-electron chi connectivity index (χ1n) is 4.22. The molecule has 0 aliphatic carbocycles. The van der Waals surface area contributed by atoms with Crippen LogP contribution in [0, 0.1) is 12.8 Å². The van der Waals surface area contributed by atoms with Crippen molar-refractivity contribution in [2.45, 2.75) is 26.9 Å². The van der Waals surface area contributed by atoms with Crippen LogP contribution in [0.15, 0.2) is 18.3 Å². The lowest BCUT2D eigenvalue weighted by molar-refractivity contribution is 0.122. The molecule has 1 aromatic rings. The predicted molar refractivity (Wildman–Crippen MR) is 48.8 cm³/mol. The van der Waals surface area contributed by atoms with Gasteiger partial charge in [0, 0.05) is 6.20 Å². The van der Waals surface area contributed by atoms with Gasteiger partial charge in [-0.1, -0.05) is 13.8 Å².